The Morgan fingerprint density at radius 1 is 0.435 bits per heavy atom. The largest absolute Gasteiger partial charge is 0.246 e. The Labute approximate surface area is 276 Å². The first kappa shape index (κ1) is 32.8. The predicted molar refractivity (Wildman–Crippen MR) is 197 cm³/mol. The molecule has 4 aromatic carbocycles. The molecule has 0 saturated carbocycles. The first-order valence-corrected chi connectivity index (χ1v) is 16.7. The molecule has 0 unspecified atom stereocenters. The molecule has 0 aliphatic heterocycles. The molecule has 0 bridgehead atoms. The van der Waals surface area contributed by atoms with Crippen LogP contribution in [0.15, 0.2) is 125 Å². The second-order valence-electron chi connectivity index (χ2n) is 13.3. The quantitative estimate of drug-likeness (QED) is 0.146. The third-order valence-corrected chi connectivity index (χ3v) is 8.48. The molecule has 1 aromatic heterocycles. The number of pyridine rings is 1. The molecule has 5 aromatic rings. The van der Waals surface area contributed by atoms with Gasteiger partial charge in [0, 0.05) is 11.1 Å². The minimum atomic E-state index is 0.338. The van der Waals surface area contributed by atoms with Gasteiger partial charge in [0.2, 0.25) is 0 Å². The summed E-state index contributed by atoms with van der Waals surface area (Å²) in [5.41, 5.74) is 12.4. The van der Waals surface area contributed by atoms with Gasteiger partial charge in [0.15, 0.2) is 0 Å². The summed E-state index contributed by atoms with van der Waals surface area (Å²) in [6.45, 7) is 17.8. The number of aromatic nitrogens is 1. The first-order valence-electron chi connectivity index (χ1n) is 16.7. The van der Waals surface area contributed by atoms with Crippen LogP contribution in [0.5, 0.6) is 0 Å². The molecular weight excluding hydrogens is 558 g/mol. The second kappa shape index (κ2) is 14.6. The van der Waals surface area contributed by atoms with Crippen molar-refractivity contribution in [3.05, 3.63) is 160 Å². The zero-order valence-corrected chi connectivity index (χ0v) is 28.6. The zero-order chi connectivity index (χ0) is 32.8. The van der Waals surface area contributed by atoms with E-state index in [1.165, 1.54) is 22.3 Å². The molecule has 0 amide bonds. The molecule has 0 aliphatic rings. The van der Waals surface area contributed by atoms with Gasteiger partial charge in [-0.2, -0.15) is 0 Å². The number of nitrogens with zero attached hydrogens (tertiary/aromatic N) is 3. The van der Waals surface area contributed by atoms with Gasteiger partial charge in [0.05, 0.1) is 34.2 Å². The van der Waals surface area contributed by atoms with E-state index >= 15 is 0 Å². The second-order valence-corrected chi connectivity index (χ2v) is 13.3. The lowest BCUT2D eigenvalue weighted by Gasteiger charge is -2.16. The minimum absolute atomic E-state index is 0.338. The minimum Gasteiger partial charge on any atom is -0.246 e. The fraction of sp³-hybridized carbons (Fsp3) is 0.279. The van der Waals surface area contributed by atoms with E-state index in [4.69, 9.17) is 15.0 Å². The normalized spacial score (nSPS) is 12.5. The maximum atomic E-state index is 5.40. The Morgan fingerprint density at radius 3 is 1.17 bits per heavy atom. The van der Waals surface area contributed by atoms with Crippen LogP contribution < -0.4 is 0 Å². The topological polar surface area (TPSA) is 37.6 Å². The summed E-state index contributed by atoms with van der Waals surface area (Å²) >= 11 is 0. The van der Waals surface area contributed by atoms with Crippen molar-refractivity contribution < 1.29 is 0 Å². The van der Waals surface area contributed by atoms with Gasteiger partial charge in [0.1, 0.15) is 0 Å². The fourth-order valence-electron chi connectivity index (χ4n) is 5.68. The average molecular weight is 606 g/mol. The monoisotopic (exact) mass is 605 g/mol. The Morgan fingerprint density at radius 2 is 0.826 bits per heavy atom. The highest BCUT2D eigenvalue weighted by Gasteiger charge is 2.18. The standard InChI is InChI=1S/C43H47N3/c1-28(2)34-22-24-36(30(5)6)40(26-34)45-42(32-16-11-9-12-17-32)38-20-15-21-39(44-38)43(33-18-13-10-14-19-33)46-41-27-35(29(3)4)23-25-37(41)31(7)8/h9-31H,1-8H3. The molecule has 0 N–H and O–H groups in total. The van der Waals surface area contributed by atoms with E-state index < -0.39 is 0 Å². The van der Waals surface area contributed by atoms with Gasteiger partial charge in [0.25, 0.3) is 0 Å². The molecular formula is C43H47N3. The van der Waals surface area contributed by atoms with Crippen LogP contribution in [0.1, 0.15) is 124 Å². The van der Waals surface area contributed by atoms with Crippen molar-refractivity contribution >= 4 is 22.8 Å². The highest BCUT2D eigenvalue weighted by atomic mass is 14.8. The summed E-state index contributed by atoms with van der Waals surface area (Å²) in [5.74, 6) is 1.49. The third-order valence-electron chi connectivity index (χ3n) is 8.48. The van der Waals surface area contributed by atoms with Crippen molar-refractivity contribution in [2.45, 2.75) is 79.1 Å². The molecule has 3 nitrogen and oxygen atoms in total. The van der Waals surface area contributed by atoms with Crippen LogP contribution in [0, 0.1) is 0 Å². The molecule has 0 aliphatic carbocycles. The van der Waals surface area contributed by atoms with Crippen molar-refractivity contribution in [1.82, 2.24) is 4.98 Å². The summed E-state index contributed by atoms with van der Waals surface area (Å²) in [7, 11) is 0. The molecule has 234 valence electrons. The zero-order valence-electron chi connectivity index (χ0n) is 28.6. The lowest BCUT2D eigenvalue weighted by Crippen LogP contribution is -2.12. The molecule has 0 radical (unpaired) electrons. The van der Waals surface area contributed by atoms with Crippen LogP contribution in [0.4, 0.5) is 11.4 Å². The SMILES string of the molecule is CC(C)c1ccc(C(C)C)c(N=C(c2ccccc2)c2cccc(C(=Nc3cc(C(C)C)ccc3C(C)C)c3ccccc3)n2)c1. The van der Waals surface area contributed by atoms with E-state index in [1.54, 1.807) is 0 Å². The predicted octanol–water partition coefficient (Wildman–Crippen LogP) is 11.9. The van der Waals surface area contributed by atoms with Gasteiger partial charge in [-0.25, -0.2) is 15.0 Å². The summed E-state index contributed by atoms with van der Waals surface area (Å²) in [6.07, 6.45) is 0. The number of hydrogen-bond donors (Lipinski definition) is 0. The van der Waals surface area contributed by atoms with Gasteiger partial charge in [-0.3, -0.25) is 0 Å². The Hall–Kier alpha value is -4.63. The summed E-state index contributed by atoms with van der Waals surface area (Å²) in [6, 6.07) is 40.5. The van der Waals surface area contributed by atoms with Gasteiger partial charge in [-0.15, -0.1) is 0 Å². The molecule has 0 fully saturated rings. The van der Waals surface area contributed by atoms with Crippen LogP contribution in [0.2, 0.25) is 0 Å². The number of benzene rings is 4. The summed E-state index contributed by atoms with van der Waals surface area (Å²) < 4.78 is 0. The van der Waals surface area contributed by atoms with Gasteiger partial charge < -0.3 is 0 Å². The van der Waals surface area contributed by atoms with Gasteiger partial charge in [-0.1, -0.05) is 146 Å². The highest BCUT2D eigenvalue weighted by Crippen LogP contribution is 2.33. The van der Waals surface area contributed by atoms with E-state index in [0.717, 1.165) is 45.3 Å². The van der Waals surface area contributed by atoms with Gasteiger partial charge in [-0.05, 0) is 70.2 Å². The lowest BCUT2D eigenvalue weighted by atomic mass is 9.95. The van der Waals surface area contributed by atoms with Crippen LogP contribution in [-0.2, 0) is 0 Å². The van der Waals surface area contributed by atoms with Crippen LogP contribution >= 0.6 is 0 Å². The van der Waals surface area contributed by atoms with E-state index in [1.807, 2.05) is 12.1 Å². The summed E-state index contributed by atoms with van der Waals surface area (Å²) in [5, 5.41) is 0. The Bertz CT molecular complexity index is 1700. The number of hydrogen-bond acceptors (Lipinski definition) is 3. The van der Waals surface area contributed by atoms with Crippen LogP contribution in [0.3, 0.4) is 0 Å². The third kappa shape index (κ3) is 7.59. The van der Waals surface area contributed by atoms with E-state index in [9.17, 15) is 0 Å². The molecule has 0 saturated heterocycles. The maximum absolute atomic E-state index is 5.40. The highest BCUT2D eigenvalue weighted by molar-refractivity contribution is 6.16. The number of aliphatic imine (C=N–C) groups is 2. The van der Waals surface area contributed by atoms with Crippen molar-refractivity contribution in [3.63, 3.8) is 0 Å². The van der Waals surface area contributed by atoms with E-state index in [-0.39, 0.29) is 0 Å². The molecule has 5 rings (SSSR count). The van der Waals surface area contributed by atoms with Gasteiger partial charge >= 0.3 is 0 Å². The Balaban J connectivity index is 1.74. The molecule has 46 heavy (non-hydrogen) atoms. The van der Waals surface area contributed by atoms with E-state index in [2.05, 4.69) is 159 Å². The number of rotatable bonds is 10. The van der Waals surface area contributed by atoms with Crippen LogP contribution in [-0.4, -0.2) is 16.4 Å². The molecule has 3 heteroatoms. The molecule has 0 atom stereocenters. The summed E-state index contributed by atoms with van der Waals surface area (Å²) in [4.78, 5) is 16.1. The molecule has 0 spiro atoms. The lowest BCUT2D eigenvalue weighted by molar-refractivity contribution is 0.845. The van der Waals surface area contributed by atoms with Crippen LogP contribution in [0.25, 0.3) is 0 Å². The van der Waals surface area contributed by atoms with Crippen molar-refractivity contribution in [2.24, 2.45) is 9.98 Å². The van der Waals surface area contributed by atoms with Crippen molar-refractivity contribution in [3.8, 4) is 0 Å². The average Bonchev–Trinajstić information content (AvgIpc) is 3.06. The Kier molecular flexibility index (Phi) is 10.4. The van der Waals surface area contributed by atoms with Crippen molar-refractivity contribution in [1.29, 1.82) is 0 Å². The van der Waals surface area contributed by atoms with E-state index in [0.29, 0.717) is 23.7 Å². The molecule has 1 heterocycles. The fourth-order valence-corrected chi connectivity index (χ4v) is 5.68. The first-order chi connectivity index (χ1) is 22.1. The maximum Gasteiger partial charge on any atom is 0.0966 e. The smallest absolute Gasteiger partial charge is 0.0966 e. The van der Waals surface area contributed by atoms with Crippen molar-refractivity contribution in [2.75, 3.05) is 0 Å².